The van der Waals surface area contributed by atoms with Gasteiger partial charge in [0.15, 0.2) is 5.82 Å². The Kier molecular flexibility index (Phi) is 10.0. The zero-order chi connectivity index (χ0) is 33.6. The molecule has 4 heterocycles. The number of benzene rings is 2. The highest BCUT2D eigenvalue weighted by Crippen LogP contribution is 2.40. The number of rotatable bonds is 9. The number of nitriles is 1. The van der Waals surface area contributed by atoms with E-state index in [1.807, 2.05) is 35.2 Å². The average molecular weight is 652 g/mol. The number of hydroxylamine groups is 1. The van der Waals surface area contributed by atoms with Crippen LogP contribution in [0.4, 0.5) is 28.7 Å². The number of carbonyl (C=O) groups is 2. The Morgan fingerprint density at radius 3 is 2.54 bits per heavy atom. The number of nitrogens with zero attached hydrogens (tertiary/aromatic N) is 7. The first kappa shape index (κ1) is 32.7. The van der Waals surface area contributed by atoms with Gasteiger partial charge in [0.2, 0.25) is 11.8 Å². The standard InChI is InChI=1S/C35H41N9O4/c1-4-35(46)40-28-19-29(32(47-3)20-31(28)43-11-8-27(9-12-43)42-15-13-41(14-16-42)24(2)45)39-33-21-34(38-23-37-33)44-30(10-17-48-44)26-7-5-6-25(18-26)22-36/h4-7,18-21,23,27,30H,1,8-17H2,2-3H3,(H,40,46)(H,37,38,39). The maximum atomic E-state index is 12.6. The van der Waals surface area contributed by atoms with Gasteiger partial charge in [-0.2, -0.15) is 5.26 Å². The fourth-order valence-electron chi connectivity index (χ4n) is 6.74. The highest BCUT2D eigenvalue weighted by molar-refractivity contribution is 6.02. The molecule has 3 saturated heterocycles. The van der Waals surface area contributed by atoms with E-state index in [0.29, 0.717) is 47.0 Å². The molecule has 3 aliphatic heterocycles. The van der Waals surface area contributed by atoms with E-state index in [1.54, 1.807) is 31.2 Å². The number of piperazine rings is 1. The molecule has 2 N–H and O–H groups in total. The number of aromatic nitrogens is 2. The topological polar surface area (TPSA) is 139 Å². The van der Waals surface area contributed by atoms with Crippen LogP contribution in [0.2, 0.25) is 0 Å². The summed E-state index contributed by atoms with van der Waals surface area (Å²) in [5.74, 6) is 1.50. The molecule has 13 heteroatoms. The normalized spacial score (nSPS) is 18.7. The lowest BCUT2D eigenvalue weighted by Crippen LogP contribution is -2.54. The number of hydrogen-bond donors (Lipinski definition) is 2. The maximum Gasteiger partial charge on any atom is 0.247 e. The van der Waals surface area contributed by atoms with Crippen LogP contribution in [-0.4, -0.2) is 90.6 Å². The van der Waals surface area contributed by atoms with E-state index in [0.717, 1.165) is 69.8 Å². The molecule has 0 bridgehead atoms. The number of piperidine rings is 1. The first-order valence-corrected chi connectivity index (χ1v) is 16.3. The number of methoxy groups -OCH3 is 1. The molecule has 3 fully saturated rings. The first-order chi connectivity index (χ1) is 23.4. The predicted octanol–water partition coefficient (Wildman–Crippen LogP) is 4.24. The van der Waals surface area contributed by atoms with E-state index in [2.05, 4.69) is 43.0 Å². The van der Waals surface area contributed by atoms with Crippen LogP contribution in [0.3, 0.4) is 0 Å². The summed E-state index contributed by atoms with van der Waals surface area (Å²) in [5.41, 5.74) is 3.67. The van der Waals surface area contributed by atoms with Gasteiger partial charge in [0.1, 0.15) is 17.9 Å². The third-order valence-electron chi connectivity index (χ3n) is 9.29. The average Bonchev–Trinajstić information content (AvgIpc) is 3.62. The molecule has 3 aliphatic rings. The summed E-state index contributed by atoms with van der Waals surface area (Å²) in [6, 6.07) is 15.6. The van der Waals surface area contributed by atoms with Crippen molar-refractivity contribution >= 4 is 40.5 Å². The van der Waals surface area contributed by atoms with Gasteiger partial charge in [-0.3, -0.25) is 19.3 Å². The maximum absolute atomic E-state index is 12.6. The smallest absolute Gasteiger partial charge is 0.247 e. The van der Waals surface area contributed by atoms with Crippen LogP contribution in [0, 0.1) is 11.3 Å². The molecular formula is C35H41N9O4. The fourth-order valence-corrected chi connectivity index (χ4v) is 6.74. The molecule has 2 amide bonds. The summed E-state index contributed by atoms with van der Waals surface area (Å²) in [6.45, 7) is 10.7. The molecule has 1 aromatic heterocycles. The Hall–Kier alpha value is -5.19. The van der Waals surface area contributed by atoms with Gasteiger partial charge in [0, 0.05) is 70.8 Å². The first-order valence-electron chi connectivity index (χ1n) is 16.3. The molecule has 48 heavy (non-hydrogen) atoms. The van der Waals surface area contributed by atoms with Crippen LogP contribution in [0.15, 0.2) is 61.4 Å². The number of amides is 2. The molecule has 0 radical (unpaired) electrons. The van der Waals surface area contributed by atoms with Gasteiger partial charge in [-0.1, -0.05) is 18.7 Å². The van der Waals surface area contributed by atoms with Gasteiger partial charge in [-0.05, 0) is 42.7 Å². The van der Waals surface area contributed by atoms with Crippen LogP contribution < -0.4 is 25.3 Å². The van der Waals surface area contributed by atoms with Crippen molar-refractivity contribution in [1.29, 1.82) is 5.26 Å². The minimum Gasteiger partial charge on any atom is -0.494 e. The fraction of sp³-hybridized carbons (Fsp3) is 0.400. The van der Waals surface area contributed by atoms with Gasteiger partial charge < -0.3 is 25.2 Å². The van der Waals surface area contributed by atoms with E-state index in [4.69, 9.17) is 9.57 Å². The molecule has 0 saturated carbocycles. The summed E-state index contributed by atoms with van der Waals surface area (Å²) in [5, 5.41) is 17.5. The Labute approximate surface area is 280 Å². The summed E-state index contributed by atoms with van der Waals surface area (Å²) < 4.78 is 5.84. The quantitative estimate of drug-likeness (QED) is 0.321. The van der Waals surface area contributed by atoms with Crippen molar-refractivity contribution in [3.63, 3.8) is 0 Å². The van der Waals surface area contributed by atoms with E-state index < -0.39 is 0 Å². The lowest BCUT2D eigenvalue weighted by atomic mass is 10.0. The largest absolute Gasteiger partial charge is 0.494 e. The minimum absolute atomic E-state index is 0.107. The molecule has 6 rings (SSSR count). The Balaban J connectivity index is 1.20. The molecule has 2 aromatic carbocycles. The lowest BCUT2D eigenvalue weighted by Gasteiger charge is -2.43. The van der Waals surface area contributed by atoms with Crippen molar-refractivity contribution in [1.82, 2.24) is 19.8 Å². The second-order valence-corrected chi connectivity index (χ2v) is 12.1. The van der Waals surface area contributed by atoms with Crippen molar-refractivity contribution in [3.05, 3.63) is 72.6 Å². The van der Waals surface area contributed by atoms with Crippen LogP contribution in [0.25, 0.3) is 0 Å². The molecule has 0 aliphatic carbocycles. The Morgan fingerprint density at radius 2 is 1.83 bits per heavy atom. The van der Waals surface area contributed by atoms with Gasteiger partial charge in [-0.15, -0.1) is 0 Å². The van der Waals surface area contributed by atoms with Crippen molar-refractivity contribution in [2.24, 2.45) is 0 Å². The van der Waals surface area contributed by atoms with Gasteiger partial charge in [0.05, 0.1) is 48.5 Å². The zero-order valence-corrected chi connectivity index (χ0v) is 27.4. The highest BCUT2D eigenvalue weighted by Gasteiger charge is 2.31. The number of nitrogens with one attached hydrogen (secondary N) is 2. The van der Waals surface area contributed by atoms with Crippen molar-refractivity contribution in [2.75, 3.05) is 73.6 Å². The molecule has 0 spiro atoms. The summed E-state index contributed by atoms with van der Waals surface area (Å²) >= 11 is 0. The lowest BCUT2D eigenvalue weighted by molar-refractivity contribution is -0.131. The summed E-state index contributed by atoms with van der Waals surface area (Å²) in [4.78, 5) is 45.9. The molecule has 1 atom stereocenters. The zero-order valence-electron chi connectivity index (χ0n) is 27.4. The van der Waals surface area contributed by atoms with E-state index >= 15 is 0 Å². The third kappa shape index (κ3) is 7.20. The monoisotopic (exact) mass is 651 g/mol. The van der Waals surface area contributed by atoms with Gasteiger partial charge in [0.25, 0.3) is 0 Å². The van der Waals surface area contributed by atoms with Crippen LogP contribution in [0.1, 0.15) is 43.4 Å². The number of ether oxygens (including phenoxy) is 1. The number of hydrogen-bond acceptors (Lipinski definition) is 11. The Morgan fingerprint density at radius 1 is 1.04 bits per heavy atom. The van der Waals surface area contributed by atoms with Crippen molar-refractivity contribution < 1.29 is 19.2 Å². The minimum atomic E-state index is -0.312. The summed E-state index contributed by atoms with van der Waals surface area (Å²) in [7, 11) is 1.61. The number of anilines is 5. The van der Waals surface area contributed by atoms with Crippen LogP contribution in [-0.2, 0) is 14.4 Å². The van der Waals surface area contributed by atoms with Crippen molar-refractivity contribution in [3.8, 4) is 11.8 Å². The molecule has 1 unspecified atom stereocenters. The van der Waals surface area contributed by atoms with Crippen molar-refractivity contribution in [2.45, 2.75) is 38.3 Å². The van der Waals surface area contributed by atoms with E-state index in [9.17, 15) is 14.9 Å². The predicted molar refractivity (Wildman–Crippen MR) is 183 cm³/mol. The van der Waals surface area contributed by atoms with Crippen LogP contribution in [0.5, 0.6) is 5.75 Å². The summed E-state index contributed by atoms with van der Waals surface area (Å²) in [6.07, 6.45) is 5.41. The molecule has 13 nitrogen and oxygen atoms in total. The number of carbonyl (C=O) groups excluding carboxylic acids is 2. The third-order valence-corrected chi connectivity index (χ3v) is 9.29. The second kappa shape index (κ2) is 14.7. The SMILES string of the molecule is C=CC(=O)Nc1cc(Nc2cc(N3OCCC3c3cccc(C#N)c3)ncn2)c(OC)cc1N1CCC(N2CCN(C(C)=O)CC2)CC1. The second-order valence-electron chi connectivity index (χ2n) is 12.1. The molecule has 3 aromatic rings. The van der Waals surface area contributed by atoms with Gasteiger partial charge >= 0.3 is 0 Å². The highest BCUT2D eigenvalue weighted by atomic mass is 16.7. The Bertz CT molecular complexity index is 1690. The van der Waals surface area contributed by atoms with E-state index in [1.165, 1.54) is 12.4 Å². The van der Waals surface area contributed by atoms with Crippen LogP contribution >= 0.6 is 0 Å². The van der Waals surface area contributed by atoms with Gasteiger partial charge in [-0.25, -0.2) is 15.0 Å². The molecule has 250 valence electrons. The molecular weight excluding hydrogens is 610 g/mol. The van der Waals surface area contributed by atoms with E-state index in [-0.39, 0.29) is 17.9 Å².